The fourth-order valence-electron chi connectivity index (χ4n) is 0.782. The van der Waals surface area contributed by atoms with Crippen molar-refractivity contribution in [1.82, 2.24) is 5.32 Å². The van der Waals surface area contributed by atoms with Gasteiger partial charge in [0.25, 0.3) is 0 Å². The van der Waals surface area contributed by atoms with Crippen LogP contribution in [0.1, 0.15) is 34.1 Å². The van der Waals surface area contributed by atoms with Gasteiger partial charge in [0.2, 0.25) is 0 Å². The summed E-state index contributed by atoms with van der Waals surface area (Å²) < 4.78 is 22.7. The minimum atomic E-state index is -2.94. The summed E-state index contributed by atoms with van der Waals surface area (Å²) in [5.41, 5.74) is 0. The summed E-state index contributed by atoms with van der Waals surface area (Å²) in [5, 5.41) is 3.02. The molecular weight excluding hydrogens is 186 g/mol. The van der Waals surface area contributed by atoms with E-state index < -0.39 is 14.6 Å². The van der Waals surface area contributed by atoms with Crippen molar-refractivity contribution in [2.75, 3.05) is 12.8 Å². The first-order valence-electron chi connectivity index (χ1n) is 4.60. The van der Waals surface area contributed by atoms with Crippen molar-refractivity contribution in [1.29, 1.82) is 0 Å². The highest BCUT2D eigenvalue weighted by molar-refractivity contribution is 7.92. The summed E-state index contributed by atoms with van der Waals surface area (Å²) in [6.07, 6.45) is 0.677. The number of hydrogen-bond acceptors (Lipinski definition) is 3. The molecule has 13 heavy (non-hydrogen) atoms. The molecule has 4 heteroatoms. The Morgan fingerprint density at radius 3 is 2.08 bits per heavy atom. The van der Waals surface area contributed by atoms with Gasteiger partial charge in [0.1, 0.15) is 0 Å². The number of sulfone groups is 1. The third-order valence-corrected chi connectivity index (χ3v) is 4.88. The van der Waals surface area contributed by atoms with Crippen LogP contribution < -0.4 is 5.32 Å². The maximum atomic E-state index is 11.6. The molecule has 0 fully saturated rings. The standard InChI is InChI=1S/C9H21NO2S/c1-8(10-5)6-7-13(11,12)9(2,3)4/h8,10H,6-7H2,1-5H3. The summed E-state index contributed by atoms with van der Waals surface area (Å²) in [5.74, 6) is 0.262. The molecule has 1 unspecified atom stereocenters. The average molecular weight is 207 g/mol. The van der Waals surface area contributed by atoms with Crippen LogP contribution >= 0.6 is 0 Å². The fourth-order valence-corrected chi connectivity index (χ4v) is 2.06. The second-order valence-corrected chi connectivity index (χ2v) is 7.27. The van der Waals surface area contributed by atoms with Crippen LogP contribution in [0.5, 0.6) is 0 Å². The van der Waals surface area contributed by atoms with Gasteiger partial charge in [-0.1, -0.05) is 0 Å². The summed E-state index contributed by atoms with van der Waals surface area (Å²) in [6.45, 7) is 7.21. The van der Waals surface area contributed by atoms with Crippen LogP contribution in [-0.2, 0) is 9.84 Å². The molecule has 0 aromatic heterocycles. The molecule has 80 valence electrons. The predicted molar refractivity (Wildman–Crippen MR) is 56.7 cm³/mol. The van der Waals surface area contributed by atoms with Gasteiger partial charge in [-0.15, -0.1) is 0 Å². The average Bonchev–Trinajstić information content (AvgIpc) is 1.98. The zero-order valence-corrected chi connectivity index (χ0v) is 10.0. The van der Waals surface area contributed by atoms with Gasteiger partial charge in [0, 0.05) is 6.04 Å². The van der Waals surface area contributed by atoms with E-state index in [0.717, 1.165) is 0 Å². The molecule has 0 spiro atoms. The molecule has 0 rings (SSSR count). The normalized spacial score (nSPS) is 15.8. The van der Waals surface area contributed by atoms with E-state index in [4.69, 9.17) is 0 Å². The quantitative estimate of drug-likeness (QED) is 0.753. The molecule has 0 amide bonds. The van der Waals surface area contributed by atoms with Crippen molar-refractivity contribution in [3.8, 4) is 0 Å². The number of nitrogens with one attached hydrogen (secondary N) is 1. The van der Waals surface area contributed by atoms with E-state index in [1.165, 1.54) is 0 Å². The SMILES string of the molecule is CNC(C)CCS(=O)(=O)C(C)(C)C. The highest BCUT2D eigenvalue weighted by Crippen LogP contribution is 2.17. The second-order valence-electron chi connectivity index (χ2n) is 4.41. The van der Waals surface area contributed by atoms with Gasteiger partial charge in [0.05, 0.1) is 10.5 Å². The zero-order chi connectivity index (χ0) is 10.7. The topological polar surface area (TPSA) is 46.2 Å². The van der Waals surface area contributed by atoms with Gasteiger partial charge in [0.15, 0.2) is 9.84 Å². The molecular formula is C9H21NO2S. The molecule has 1 atom stereocenters. The second kappa shape index (κ2) is 4.42. The maximum absolute atomic E-state index is 11.6. The summed E-state index contributed by atoms with van der Waals surface area (Å²) in [4.78, 5) is 0. The molecule has 3 nitrogen and oxygen atoms in total. The van der Waals surface area contributed by atoms with Crippen molar-refractivity contribution in [3.05, 3.63) is 0 Å². The Labute approximate surface area is 81.8 Å². The predicted octanol–water partition coefficient (Wildman–Crippen LogP) is 1.20. The zero-order valence-electron chi connectivity index (χ0n) is 9.22. The number of hydrogen-bond donors (Lipinski definition) is 1. The van der Waals surface area contributed by atoms with E-state index in [2.05, 4.69) is 5.32 Å². The lowest BCUT2D eigenvalue weighted by Gasteiger charge is -2.20. The number of rotatable bonds is 4. The lowest BCUT2D eigenvalue weighted by atomic mass is 10.2. The van der Waals surface area contributed by atoms with Crippen molar-refractivity contribution in [2.45, 2.75) is 44.9 Å². The Kier molecular flexibility index (Phi) is 4.39. The smallest absolute Gasteiger partial charge is 0.155 e. The third kappa shape index (κ3) is 4.09. The van der Waals surface area contributed by atoms with Crippen LogP contribution in [0.25, 0.3) is 0 Å². The molecule has 0 heterocycles. The monoisotopic (exact) mass is 207 g/mol. The van der Waals surface area contributed by atoms with Gasteiger partial charge < -0.3 is 5.32 Å². The van der Waals surface area contributed by atoms with Crippen LogP contribution in [0, 0.1) is 0 Å². The lowest BCUT2D eigenvalue weighted by molar-refractivity contribution is 0.541. The van der Waals surface area contributed by atoms with Crippen LogP contribution in [0.3, 0.4) is 0 Å². The molecule has 1 N–H and O–H groups in total. The van der Waals surface area contributed by atoms with E-state index in [1.54, 1.807) is 20.8 Å². The van der Waals surface area contributed by atoms with Crippen molar-refractivity contribution in [3.63, 3.8) is 0 Å². The molecule has 0 aromatic carbocycles. The minimum absolute atomic E-state index is 0.261. The van der Waals surface area contributed by atoms with E-state index in [1.807, 2.05) is 14.0 Å². The molecule has 0 aliphatic rings. The highest BCUT2D eigenvalue weighted by Gasteiger charge is 2.28. The Bertz CT molecular complexity index is 239. The van der Waals surface area contributed by atoms with Gasteiger partial charge >= 0.3 is 0 Å². The Hall–Kier alpha value is -0.0900. The Morgan fingerprint density at radius 1 is 1.31 bits per heavy atom. The van der Waals surface area contributed by atoms with Crippen molar-refractivity contribution < 1.29 is 8.42 Å². The van der Waals surface area contributed by atoms with Crippen LogP contribution in [0.15, 0.2) is 0 Å². The molecule has 0 saturated carbocycles. The highest BCUT2D eigenvalue weighted by atomic mass is 32.2. The Balaban J connectivity index is 4.22. The van der Waals surface area contributed by atoms with Crippen LogP contribution in [0.2, 0.25) is 0 Å². The maximum Gasteiger partial charge on any atom is 0.155 e. The lowest BCUT2D eigenvalue weighted by Crippen LogP contribution is -2.33. The van der Waals surface area contributed by atoms with E-state index >= 15 is 0 Å². The van der Waals surface area contributed by atoms with E-state index in [-0.39, 0.29) is 11.8 Å². The molecule has 0 radical (unpaired) electrons. The van der Waals surface area contributed by atoms with Crippen molar-refractivity contribution >= 4 is 9.84 Å². The molecule has 0 aliphatic carbocycles. The summed E-state index contributed by atoms with van der Waals surface area (Å²) in [7, 11) is -1.10. The molecule has 0 bridgehead atoms. The molecule has 0 aromatic rings. The first-order valence-corrected chi connectivity index (χ1v) is 6.25. The minimum Gasteiger partial charge on any atom is -0.317 e. The van der Waals surface area contributed by atoms with Crippen molar-refractivity contribution in [2.24, 2.45) is 0 Å². The van der Waals surface area contributed by atoms with Crippen LogP contribution in [-0.4, -0.2) is 32.0 Å². The third-order valence-electron chi connectivity index (χ3n) is 2.25. The van der Waals surface area contributed by atoms with E-state index in [9.17, 15) is 8.42 Å². The first-order chi connectivity index (χ1) is 5.70. The van der Waals surface area contributed by atoms with Gasteiger partial charge in [-0.25, -0.2) is 8.42 Å². The van der Waals surface area contributed by atoms with Gasteiger partial charge in [-0.3, -0.25) is 0 Å². The first kappa shape index (κ1) is 12.9. The summed E-state index contributed by atoms with van der Waals surface area (Å²) in [6, 6.07) is 0.261. The summed E-state index contributed by atoms with van der Waals surface area (Å²) >= 11 is 0. The largest absolute Gasteiger partial charge is 0.317 e. The molecule has 0 aliphatic heterocycles. The Morgan fingerprint density at radius 2 is 1.77 bits per heavy atom. The van der Waals surface area contributed by atoms with Crippen LogP contribution in [0.4, 0.5) is 0 Å². The van der Waals surface area contributed by atoms with E-state index in [0.29, 0.717) is 6.42 Å². The van der Waals surface area contributed by atoms with Gasteiger partial charge in [-0.05, 0) is 41.2 Å². The molecule has 0 saturated heterocycles. The van der Waals surface area contributed by atoms with Gasteiger partial charge in [-0.2, -0.15) is 0 Å². The fraction of sp³-hybridized carbons (Fsp3) is 1.00.